The van der Waals surface area contributed by atoms with E-state index in [1.807, 2.05) is 0 Å². The molecule has 1 N–H and O–H groups in total. The molecule has 1 unspecified atom stereocenters. The number of ether oxygens (including phenoxy) is 1. The van der Waals surface area contributed by atoms with E-state index in [0.717, 1.165) is 12.1 Å². The lowest BCUT2D eigenvalue weighted by Gasteiger charge is -2.26. The Hall–Kier alpha value is -1.75. The van der Waals surface area contributed by atoms with Gasteiger partial charge in [0.1, 0.15) is 0 Å². The van der Waals surface area contributed by atoms with Crippen LogP contribution in [0.4, 0.5) is 22.0 Å². The maximum Gasteiger partial charge on any atom is 0.432 e. The minimum atomic E-state index is -6.44. The largest absolute Gasteiger partial charge is 0.441 e. The number of benzene rings is 1. The highest BCUT2D eigenvalue weighted by molar-refractivity contribution is 7.86. The van der Waals surface area contributed by atoms with Crippen LogP contribution >= 0.6 is 0 Å². The van der Waals surface area contributed by atoms with Gasteiger partial charge < -0.3 is 4.74 Å². The lowest BCUT2D eigenvalue weighted by molar-refractivity contribution is -0.248. The Morgan fingerprint density at radius 3 is 1.95 bits per heavy atom. The van der Waals surface area contributed by atoms with Gasteiger partial charge in [0.05, 0.1) is 5.56 Å². The SMILES string of the molecule is O=C(OC(C(F)(F)F)C(F)(F)S(=O)(=O)O)c1ccccc1. The molecule has 0 aliphatic heterocycles. The maximum absolute atomic E-state index is 13.1. The fourth-order valence-electron chi connectivity index (χ4n) is 1.21. The van der Waals surface area contributed by atoms with Crippen LogP contribution in [0.3, 0.4) is 0 Å². The van der Waals surface area contributed by atoms with E-state index in [2.05, 4.69) is 4.74 Å². The van der Waals surface area contributed by atoms with E-state index in [9.17, 15) is 35.2 Å². The van der Waals surface area contributed by atoms with Gasteiger partial charge in [-0.2, -0.15) is 30.4 Å². The highest BCUT2D eigenvalue weighted by atomic mass is 32.2. The van der Waals surface area contributed by atoms with Crippen molar-refractivity contribution in [3.05, 3.63) is 35.9 Å². The molecule has 0 saturated carbocycles. The Labute approximate surface area is 115 Å². The normalized spacial score (nSPS) is 14.6. The fourth-order valence-corrected chi connectivity index (χ4v) is 1.66. The molecule has 1 aromatic rings. The number of hydrogen-bond donors (Lipinski definition) is 1. The summed E-state index contributed by atoms with van der Waals surface area (Å²) < 4.78 is 96.2. The van der Waals surface area contributed by atoms with Crippen molar-refractivity contribution in [3.8, 4) is 0 Å². The fraction of sp³-hybridized carbons (Fsp3) is 0.300. The minimum absolute atomic E-state index is 0.502. The zero-order valence-corrected chi connectivity index (χ0v) is 10.7. The molecule has 11 heteroatoms. The van der Waals surface area contributed by atoms with Gasteiger partial charge in [-0.25, -0.2) is 4.79 Å². The van der Waals surface area contributed by atoms with Gasteiger partial charge in [-0.15, -0.1) is 0 Å². The van der Waals surface area contributed by atoms with Gasteiger partial charge in [0.25, 0.3) is 6.10 Å². The summed E-state index contributed by atoms with van der Waals surface area (Å²) in [7, 11) is -6.44. The molecule has 0 amide bonds. The van der Waals surface area contributed by atoms with Crippen molar-refractivity contribution in [2.75, 3.05) is 0 Å². The molecule has 1 atom stereocenters. The topological polar surface area (TPSA) is 80.7 Å². The first kappa shape index (κ1) is 17.3. The predicted molar refractivity (Wildman–Crippen MR) is 58.2 cm³/mol. The van der Waals surface area contributed by atoms with Gasteiger partial charge in [0, 0.05) is 0 Å². The smallest absolute Gasteiger partial charge is 0.432 e. The lowest BCUT2D eigenvalue weighted by Crippen LogP contribution is -2.52. The van der Waals surface area contributed by atoms with Gasteiger partial charge >= 0.3 is 27.5 Å². The summed E-state index contributed by atoms with van der Waals surface area (Å²) in [5, 5.41) is -5.74. The van der Waals surface area contributed by atoms with Crippen LogP contribution in [0.2, 0.25) is 0 Å². The average molecular weight is 334 g/mol. The van der Waals surface area contributed by atoms with Crippen LogP contribution in [0, 0.1) is 0 Å². The summed E-state index contributed by atoms with van der Waals surface area (Å²) in [6, 6.07) is 5.79. The molecule has 0 saturated heterocycles. The highest BCUT2D eigenvalue weighted by Gasteiger charge is 2.66. The van der Waals surface area contributed by atoms with Crippen LogP contribution in [0.15, 0.2) is 30.3 Å². The summed E-state index contributed by atoms with van der Waals surface area (Å²) in [5.74, 6) is -1.82. The van der Waals surface area contributed by atoms with Crippen LogP contribution in [0.25, 0.3) is 0 Å². The number of carbonyl (C=O) groups excluding carboxylic acids is 1. The van der Waals surface area contributed by atoms with Crippen LogP contribution in [0.1, 0.15) is 10.4 Å². The first-order valence-electron chi connectivity index (χ1n) is 5.05. The first-order chi connectivity index (χ1) is 9.37. The molecule has 1 rings (SSSR count). The van der Waals surface area contributed by atoms with Crippen LogP contribution in [-0.4, -0.2) is 36.5 Å². The molecule has 118 valence electrons. The second-order valence-electron chi connectivity index (χ2n) is 3.73. The lowest BCUT2D eigenvalue weighted by atomic mass is 10.2. The Kier molecular flexibility index (Phi) is 4.58. The summed E-state index contributed by atoms with van der Waals surface area (Å²) in [5.41, 5.74) is -0.502. The van der Waals surface area contributed by atoms with Crippen LogP contribution < -0.4 is 0 Å². The van der Waals surface area contributed by atoms with E-state index in [-0.39, 0.29) is 0 Å². The van der Waals surface area contributed by atoms with Gasteiger partial charge in [-0.05, 0) is 12.1 Å². The number of carbonyl (C=O) groups is 1. The number of hydrogen-bond acceptors (Lipinski definition) is 4. The van der Waals surface area contributed by atoms with Crippen LogP contribution in [-0.2, 0) is 14.9 Å². The van der Waals surface area contributed by atoms with Crippen molar-refractivity contribution in [1.82, 2.24) is 0 Å². The Balaban J connectivity index is 3.16. The molecule has 0 aliphatic rings. The Morgan fingerprint density at radius 1 is 1.10 bits per heavy atom. The quantitative estimate of drug-likeness (QED) is 0.519. The van der Waals surface area contributed by atoms with E-state index < -0.39 is 39.2 Å². The molecule has 0 aromatic heterocycles. The van der Waals surface area contributed by atoms with E-state index in [1.165, 1.54) is 18.2 Å². The average Bonchev–Trinajstić information content (AvgIpc) is 2.33. The highest BCUT2D eigenvalue weighted by Crippen LogP contribution is 2.38. The molecule has 21 heavy (non-hydrogen) atoms. The number of rotatable bonds is 4. The number of halogens is 5. The van der Waals surface area contributed by atoms with Gasteiger partial charge in [-0.1, -0.05) is 18.2 Å². The third kappa shape index (κ3) is 3.88. The van der Waals surface area contributed by atoms with Gasteiger partial charge in [-0.3, -0.25) is 4.55 Å². The zero-order valence-electron chi connectivity index (χ0n) is 9.84. The maximum atomic E-state index is 13.1. The third-order valence-electron chi connectivity index (χ3n) is 2.18. The second kappa shape index (κ2) is 5.56. The van der Waals surface area contributed by atoms with Crippen molar-refractivity contribution in [2.24, 2.45) is 0 Å². The summed E-state index contributed by atoms with van der Waals surface area (Å²) in [6.45, 7) is 0. The molecule has 0 spiro atoms. The van der Waals surface area contributed by atoms with Crippen LogP contribution in [0.5, 0.6) is 0 Å². The zero-order chi connectivity index (χ0) is 16.5. The minimum Gasteiger partial charge on any atom is -0.441 e. The van der Waals surface area contributed by atoms with E-state index >= 15 is 0 Å². The molecule has 5 nitrogen and oxygen atoms in total. The second-order valence-corrected chi connectivity index (χ2v) is 5.22. The van der Waals surface area contributed by atoms with Gasteiger partial charge in [0.2, 0.25) is 0 Å². The molecule has 0 fully saturated rings. The summed E-state index contributed by atoms with van der Waals surface area (Å²) in [6.07, 6.45) is -10.3. The van der Waals surface area contributed by atoms with E-state index in [1.54, 1.807) is 0 Å². The van der Waals surface area contributed by atoms with E-state index in [0.29, 0.717) is 0 Å². The molecule has 1 aromatic carbocycles. The standard InChI is InChI=1S/C10H7F5O5S/c11-9(12,13)8(10(14,15)21(17,18)19)20-7(16)6-4-2-1-3-5-6/h1-5,8H,(H,17,18,19). The van der Waals surface area contributed by atoms with Gasteiger partial charge in [0.15, 0.2) is 0 Å². The van der Waals surface area contributed by atoms with Crippen molar-refractivity contribution in [2.45, 2.75) is 17.5 Å². The first-order valence-corrected chi connectivity index (χ1v) is 6.49. The van der Waals surface area contributed by atoms with Crippen molar-refractivity contribution in [1.29, 1.82) is 0 Å². The third-order valence-corrected chi connectivity index (χ3v) is 3.08. The molecule has 0 bridgehead atoms. The number of esters is 1. The molecule has 0 aliphatic carbocycles. The molecule has 0 radical (unpaired) electrons. The van der Waals surface area contributed by atoms with Crippen molar-refractivity contribution in [3.63, 3.8) is 0 Å². The summed E-state index contributed by atoms with van der Waals surface area (Å²) >= 11 is 0. The summed E-state index contributed by atoms with van der Waals surface area (Å²) in [4.78, 5) is 11.3. The molecular weight excluding hydrogens is 327 g/mol. The van der Waals surface area contributed by atoms with Crippen molar-refractivity contribution < 1.29 is 44.5 Å². The Morgan fingerprint density at radius 2 is 1.57 bits per heavy atom. The molecule has 0 heterocycles. The van der Waals surface area contributed by atoms with Crippen molar-refractivity contribution >= 4 is 16.1 Å². The van der Waals surface area contributed by atoms with E-state index in [4.69, 9.17) is 4.55 Å². The Bertz CT molecular complexity index is 610. The number of alkyl halides is 5. The molecular formula is C10H7F5O5S. The predicted octanol–water partition coefficient (Wildman–Crippen LogP) is 2.25. The monoisotopic (exact) mass is 334 g/mol.